The fraction of sp³-hybridized carbons (Fsp3) is 0.0943. The molecule has 0 aliphatic rings. The number of nitrogens with zero attached hydrogens (tertiary/aromatic N) is 4. The summed E-state index contributed by atoms with van der Waals surface area (Å²) in [6, 6.07) is 59.0. The highest BCUT2D eigenvalue weighted by Crippen LogP contribution is 2.42. The van der Waals surface area contributed by atoms with Gasteiger partial charge in [0.1, 0.15) is 11.5 Å². The molecule has 7 aromatic carbocycles. The zero-order valence-electron chi connectivity index (χ0n) is 33.0. The van der Waals surface area contributed by atoms with Crippen molar-refractivity contribution in [2.24, 2.45) is 0 Å². The third-order valence-corrected chi connectivity index (χ3v) is 11.7. The SMILES string of the molecule is Cc1ccc2[nH]c3c(-c4nc5c(-c6cccc(-n7c8cc(-c9ccccc9)ccc8c8cccnc87)c6)cccc5n4-c4ccccc4)cc(C(C)(C)C)cc3c2c1. The molecule has 0 fully saturated rings. The molecule has 11 rings (SSSR count). The van der Waals surface area contributed by atoms with E-state index in [1.165, 1.54) is 38.4 Å². The number of imidazole rings is 1. The molecule has 0 saturated heterocycles. The molecule has 4 heterocycles. The van der Waals surface area contributed by atoms with Gasteiger partial charge in [0, 0.05) is 55.8 Å². The zero-order valence-corrected chi connectivity index (χ0v) is 33.0. The maximum absolute atomic E-state index is 5.66. The quantitative estimate of drug-likeness (QED) is 0.191. The number of pyridine rings is 1. The first kappa shape index (κ1) is 34.0. The predicted octanol–water partition coefficient (Wildman–Crippen LogP) is 13.8. The minimum atomic E-state index is -0.0743. The van der Waals surface area contributed by atoms with Crippen molar-refractivity contribution in [1.29, 1.82) is 0 Å². The Hall–Kier alpha value is -7.24. The minimum absolute atomic E-state index is 0.0743. The van der Waals surface area contributed by atoms with Gasteiger partial charge in [-0.25, -0.2) is 9.97 Å². The molecular weight excluding hydrogens is 707 g/mol. The monoisotopic (exact) mass is 747 g/mol. The summed E-state index contributed by atoms with van der Waals surface area (Å²) in [6.45, 7) is 9.03. The average molecular weight is 748 g/mol. The summed E-state index contributed by atoms with van der Waals surface area (Å²) in [4.78, 5) is 14.4. The van der Waals surface area contributed by atoms with Crippen molar-refractivity contribution in [2.75, 3.05) is 0 Å². The average Bonchev–Trinajstić information content (AvgIpc) is 3.93. The standard InChI is InChI=1S/C53H41N5/c1-33-23-26-46-43(28-33)44-31-37(53(2,3)4)32-45(49(44)55-46)52-56-50-40(20-12-22-47(50)57(52)38-17-9-6-10-18-38)36-16-11-19-39(29-36)58-48-30-35(34-14-7-5-8-15-34)24-25-41(48)42-21-13-27-54-51(42)58/h5-32,55H,1-4H3. The first-order valence-corrected chi connectivity index (χ1v) is 20.0. The van der Waals surface area contributed by atoms with Gasteiger partial charge in [0.2, 0.25) is 0 Å². The van der Waals surface area contributed by atoms with Gasteiger partial charge in [-0.15, -0.1) is 0 Å². The highest BCUT2D eigenvalue weighted by atomic mass is 15.1. The van der Waals surface area contributed by atoms with Crippen LogP contribution < -0.4 is 0 Å². The van der Waals surface area contributed by atoms with Crippen LogP contribution in [0.4, 0.5) is 0 Å². The van der Waals surface area contributed by atoms with E-state index in [1.54, 1.807) is 0 Å². The van der Waals surface area contributed by atoms with E-state index in [0.29, 0.717) is 0 Å². The number of H-pyrrole nitrogens is 1. The van der Waals surface area contributed by atoms with E-state index in [-0.39, 0.29) is 5.41 Å². The molecule has 0 atom stereocenters. The summed E-state index contributed by atoms with van der Waals surface area (Å²) in [5, 5.41) is 4.76. The third-order valence-electron chi connectivity index (χ3n) is 11.7. The van der Waals surface area contributed by atoms with Gasteiger partial charge in [-0.2, -0.15) is 0 Å². The maximum Gasteiger partial charge on any atom is 0.147 e. The van der Waals surface area contributed by atoms with Crippen LogP contribution in [0.2, 0.25) is 0 Å². The van der Waals surface area contributed by atoms with E-state index >= 15 is 0 Å². The summed E-state index contributed by atoms with van der Waals surface area (Å²) in [6.07, 6.45) is 1.89. The summed E-state index contributed by atoms with van der Waals surface area (Å²) in [7, 11) is 0. The highest BCUT2D eigenvalue weighted by molar-refractivity contribution is 6.13. The van der Waals surface area contributed by atoms with E-state index in [0.717, 1.165) is 72.5 Å². The Morgan fingerprint density at radius 2 is 1.29 bits per heavy atom. The number of aromatic nitrogens is 5. The lowest BCUT2D eigenvalue weighted by Crippen LogP contribution is -2.11. The molecule has 278 valence electrons. The van der Waals surface area contributed by atoms with Crippen LogP contribution in [0.25, 0.3) is 99.8 Å². The van der Waals surface area contributed by atoms with E-state index in [4.69, 9.17) is 9.97 Å². The number of nitrogens with one attached hydrogen (secondary N) is 1. The summed E-state index contributed by atoms with van der Waals surface area (Å²) < 4.78 is 4.64. The first-order valence-electron chi connectivity index (χ1n) is 20.0. The number of fused-ring (bicyclic) bond motifs is 7. The molecule has 1 N–H and O–H groups in total. The minimum Gasteiger partial charge on any atom is -0.354 e. The van der Waals surface area contributed by atoms with E-state index in [9.17, 15) is 0 Å². The molecule has 0 spiro atoms. The summed E-state index contributed by atoms with van der Waals surface area (Å²) >= 11 is 0. The predicted molar refractivity (Wildman–Crippen MR) is 242 cm³/mol. The molecule has 0 bridgehead atoms. The molecule has 4 aromatic heterocycles. The Kier molecular flexibility index (Phi) is 7.57. The molecule has 0 radical (unpaired) electrons. The van der Waals surface area contributed by atoms with Crippen LogP contribution in [0.3, 0.4) is 0 Å². The van der Waals surface area contributed by atoms with Gasteiger partial charge in [-0.3, -0.25) is 9.13 Å². The van der Waals surface area contributed by atoms with Gasteiger partial charge in [0.05, 0.1) is 22.1 Å². The van der Waals surface area contributed by atoms with Crippen LogP contribution in [-0.2, 0) is 5.41 Å². The van der Waals surface area contributed by atoms with Crippen molar-refractivity contribution in [1.82, 2.24) is 24.1 Å². The molecule has 5 nitrogen and oxygen atoms in total. The number of aryl methyl sites for hydroxylation is 1. The Labute approximate surface area is 336 Å². The van der Waals surface area contributed by atoms with E-state index < -0.39 is 0 Å². The first-order chi connectivity index (χ1) is 28.3. The Morgan fingerprint density at radius 3 is 2.12 bits per heavy atom. The largest absolute Gasteiger partial charge is 0.354 e. The summed E-state index contributed by atoms with van der Waals surface area (Å²) in [5.41, 5.74) is 16.4. The Bertz CT molecular complexity index is 3380. The molecular formula is C53H41N5. The van der Waals surface area contributed by atoms with Gasteiger partial charge in [0.15, 0.2) is 0 Å². The number of hydrogen-bond donors (Lipinski definition) is 1. The van der Waals surface area contributed by atoms with Gasteiger partial charge in [-0.1, -0.05) is 117 Å². The molecule has 0 unspecified atom stereocenters. The smallest absolute Gasteiger partial charge is 0.147 e. The topological polar surface area (TPSA) is 51.4 Å². The lowest BCUT2D eigenvalue weighted by molar-refractivity contribution is 0.591. The Balaban J connectivity index is 1.16. The second-order valence-electron chi connectivity index (χ2n) is 16.5. The number of rotatable bonds is 5. The van der Waals surface area contributed by atoms with Crippen LogP contribution in [0.1, 0.15) is 31.9 Å². The number of benzene rings is 7. The van der Waals surface area contributed by atoms with Crippen LogP contribution >= 0.6 is 0 Å². The normalized spacial score (nSPS) is 12.1. The lowest BCUT2D eigenvalue weighted by Gasteiger charge is -2.21. The molecule has 0 aliphatic heterocycles. The van der Waals surface area contributed by atoms with Crippen LogP contribution in [0, 0.1) is 6.92 Å². The third kappa shape index (κ3) is 5.38. The fourth-order valence-electron chi connectivity index (χ4n) is 8.80. The van der Waals surface area contributed by atoms with Crippen molar-refractivity contribution >= 4 is 54.8 Å². The zero-order chi connectivity index (χ0) is 39.1. The maximum atomic E-state index is 5.66. The molecule has 11 aromatic rings. The molecule has 58 heavy (non-hydrogen) atoms. The second kappa shape index (κ2) is 12.9. The van der Waals surface area contributed by atoms with Gasteiger partial charge >= 0.3 is 0 Å². The van der Waals surface area contributed by atoms with Crippen molar-refractivity contribution in [2.45, 2.75) is 33.1 Å². The molecule has 0 amide bonds. The van der Waals surface area contributed by atoms with Crippen LogP contribution in [0.5, 0.6) is 0 Å². The summed E-state index contributed by atoms with van der Waals surface area (Å²) in [5.74, 6) is 0.907. The number of aromatic amines is 1. The van der Waals surface area contributed by atoms with Gasteiger partial charge in [0.25, 0.3) is 0 Å². The van der Waals surface area contributed by atoms with Crippen molar-refractivity contribution < 1.29 is 0 Å². The van der Waals surface area contributed by atoms with E-state index in [2.05, 4.69) is 200 Å². The molecule has 0 aliphatic carbocycles. The fourth-order valence-corrected chi connectivity index (χ4v) is 8.80. The van der Waals surface area contributed by atoms with Crippen LogP contribution in [0.15, 0.2) is 170 Å². The second-order valence-corrected chi connectivity index (χ2v) is 16.5. The van der Waals surface area contributed by atoms with E-state index in [1.807, 2.05) is 12.3 Å². The van der Waals surface area contributed by atoms with Gasteiger partial charge in [-0.05, 0) is 107 Å². The number of para-hydroxylation sites is 2. The lowest BCUT2D eigenvalue weighted by atomic mass is 9.85. The van der Waals surface area contributed by atoms with Crippen molar-refractivity contribution in [3.8, 4) is 45.0 Å². The van der Waals surface area contributed by atoms with Crippen molar-refractivity contribution in [3.63, 3.8) is 0 Å². The number of hydrogen-bond acceptors (Lipinski definition) is 2. The molecule has 0 saturated carbocycles. The Morgan fingerprint density at radius 1 is 0.517 bits per heavy atom. The van der Waals surface area contributed by atoms with Gasteiger partial charge < -0.3 is 4.98 Å². The van der Waals surface area contributed by atoms with Crippen LogP contribution in [-0.4, -0.2) is 24.1 Å². The highest BCUT2D eigenvalue weighted by Gasteiger charge is 2.24. The van der Waals surface area contributed by atoms with Crippen molar-refractivity contribution in [3.05, 3.63) is 181 Å². The molecule has 5 heteroatoms.